The third-order valence-electron chi connectivity index (χ3n) is 3.74. The minimum atomic E-state index is -0.539. The molecule has 1 fully saturated rings. The molecule has 0 radical (unpaired) electrons. The highest BCUT2D eigenvalue weighted by Gasteiger charge is 2.39. The lowest BCUT2D eigenvalue weighted by atomic mass is 9.86. The molecule has 0 aromatic heterocycles. The van der Waals surface area contributed by atoms with Gasteiger partial charge in [-0.25, -0.2) is 0 Å². The third kappa shape index (κ3) is 2.71. The predicted octanol–water partition coefficient (Wildman–Crippen LogP) is 1.84. The van der Waals surface area contributed by atoms with Gasteiger partial charge in [0.05, 0.1) is 11.6 Å². The Kier molecular flexibility index (Phi) is 3.44. The Hall–Kier alpha value is -0.570. The Morgan fingerprint density at radius 3 is 2.27 bits per heavy atom. The van der Waals surface area contributed by atoms with Crippen LogP contribution < -0.4 is 5.32 Å². The number of aliphatic hydroxyl groups excluding tert-OH is 1. The molecule has 1 amide bonds. The molecule has 2 N–H and O–H groups in total. The van der Waals surface area contributed by atoms with Gasteiger partial charge in [-0.15, -0.1) is 0 Å². The molecule has 1 unspecified atom stereocenters. The number of aliphatic hydroxyl groups is 1. The van der Waals surface area contributed by atoms with Crippen molar-refractivity contribution in [2.24, 2.45) is 5.41 Å². The quantitative estimate of drug-likeness (QED) is 0.751. The molecular formula is C12H23NO2. The number of amides is 1. The van der Waals surface area contributed by atoms with Gasteiger partial charge in [0.2, 0.25) is 5.91 Å². The summed E-state index contributed by atoms with van der Waals surface area (Å²) >= 11 is 0. The summed E-state index contributed by atoms with van der Waals surface area (Å²) in [6, 6.07) is 0. The number of carbonyl (C=O) groups is 1. The van der Waals surface area contributed by atoms with Crippen LogP contribution in [0.1, 0.15) is 53.4 Å². The van der Waals surface area contributed by atoms with E-state index in [4.69, 9.17) is 0 Å². The van der Waals surface area contributed by atoms with Crippen molar-refractivity contribution >= 4 is 5.91 Å². The lowest BCUT2D eigenvalue weighted by molar-refractivity contribution is -0.133. The van der Waals surface area contributed by atoms with E-state index in [0.29, 0.717) is 0 Å². The van der Waals surface area contributed by atoms with Crippen molar-refractivity contribution in [2.75, 3.05) is 0 Å². The standard InChI is InChI=1S/C12H23NO2/c1-9(14)11(2,3)13-10(15)12(4)7-5-6-8-12/h9,14H,5-8H2,1-4H3,(H,13,15). The van der Waals surface area contributed by atoms with Crippen LogP contribution in [0.15, 0.2) is 0 Å². The van der Waals surface area contributed by atoms with Crippen molar-refractivity contribution in [1.29, 1.82) is 0 Å². The molecule has 1 atom stereocenters. The largest absolute Gasteiger partial charge is 0.391 e. The predicted molar refractivity (Wildman–Crippen MR) is 60.5 cm³/mol. The van der Waals surface area contributed by atoms with E-state index in [1.54, 1.807) is 6.92 Å². The second-order valence-corrected chi connectivity index (χ2v) is 5.62. The molecule has 0 spiro atoms. The Labute approximate surface area is 92.3 Å². The minimum absolute atomic E-state index is 0.0888. The number of hydrogen-bond acceptors (Lipinski definition) is 2. The van der Waals surface area contributed by atoms with Crippen molar-refractivity contribution < 1.29 is 9.90 Å². The van der Waals surface area contributed by atoms with Crippen LogP contribution >= 0.6 is 0 Å². The number of nitrogens with one attached hydrogen (secondary N) is 1. The summed E-state index contributed by atoms with van der Waals surface area (Å²) in [5, 5.41) is 12.5. The first-order chi connectivity index (χ1) is 6.78. The van der Waals surface area contributed by atoms with Crippen LogP contribution in [0, 0.1) is 5.41 Å². The van der Waals surface area contributed by atoms with Crippen LogP contribution in [0.4, 0.5) is 0 Å². The molecule has 0 aromatic carbocycles. The second kappa shape index (κ2) is 4.12. The molecule has 1 rings (SSSR count). The topological polar surface area (TPSA) is 49.3 Å². The molecule has 1 saturated carbocycles. The van der Waals surface area contributed by atoms with Crippen LogP contribution in [0.25, 0.3) is 0 Å². The van der Waals surface area contributed by atoms with Gasteiger partial charge in [0.15, 0.2) is 0 Å². The SMILES string of the molecule is CC(O)C(C)(C)NC(=O)C1(C)CCCC1. The van der Waals surface area contributed by atoms with Gasteiger partial charge < -0.3 is 10.4 Å². The van der Waals surface area contributed by atoms with Crippen molar-refractivity contribution in [2.45, 2.75) is 65.0 Å². The second-order valence-electron chi connectivity index (χ2n) is 5.62. The van der Waals surface area contributed by atoms with Gasteiger partial charge in [-0.05, 0) is 33.6 Å². The van der Waals surface area contributed by atoms with E-state index in [1.165, 1.54) is 0 Å². The average molecular weight is 213 g/mol. The maximum absolute atomic E-state index is 12.1. The van der Waals surface area contributed by atoms with E-state index in [0.717, 1.165) is 25.7 Å². The first-order valence-corrected chi connectivity index (χ1v) is 5.79. The molecule has 0 bridgehead atoms. The zero-order chi connectivity index (χ0) is 11.7. The van der Waals surface area contributed by atoms with Crippen molar-refractivity contribution in [3.8, 4) is 0 Å². The molecule has 15 heavy (non-hydrogen) atoms. The van der Waals surface area contributed by atoms with Crippen molar-refractivity contribution in [1.82, 2.24) is 5.32 Å². The average Bonchev–Trinajstić information content (AvgIpc) is 2.52. The lowest BCUT2D eigenvalue weighted by Crippen LogP contribution is -2.54. The smallest absolute Gasteiger partial charge is 0.226 e. The van der Waals surface area contributed by atoms with Gasteiger partial charge >= 0.3 is 0 Å². The molecule has 3 heteroatoms. The molecule has 1 aliphatic carbocycles. The van der Waals surface area contributed by atoms with Crippen LogP contribution in [0.2, 0.25) is 0 Å². The van der Waals surface area contributed by atoms with Gasteiger partial charge in [-0.1, -0.05) is 19.8 Å². The summed E-state index contributed by atoms with van der Waals surface area (Å²) in [6.45, 7) is 7.44. The summed E-state index contributed by atoms with van der Waals surface area (Å²) in [7, 11) is 0. The molecular weight excluding hydrogens is 190 g/mol. The highest BCUT2D eigenvalue weighted by molar-refractivity contribution is 5.83. The number of hydrogen-bond donors (Lipinski definition) is 2. The Balaban J connectivity index is 2.62. The molecule has 0 aliphatic heterocycles. The highest BCUT2D eigenvalue weighted by atomic mass is 16.3. The van der Waals surface area contributed by atoms with E-state index in [-0.39, 0.29) is 11.3 Å². The van der Waals surface area contributed by atoms with E-state index >= 15 is 0 Å². The minimum Gasteiger partial charge on any atom is -0.391 e. The molecule has 0 saturated heterocycles. The maximum atomic E-state index is 12.1. The van der Waals surface area contributed by atoms with Gasteiger partial charge in [-0.2, -0.15) is 0 Å². The lowest BCUT2D eigenvalue weighted by Gasteiger charge is -2.33. The van der Waals surface area contributed by atoms with Gasteiger partial charge in [-0.3, -0.25) is 4.79 Å². The zero-order valence-electron chi connectivity index (χ0n) is 10.3. The fourth-order valence-corrected chi connectivity index (χ4v) is 1.93. The zero-order valence-corrected chi connectivity index (χ0v) is 10.3. The van der Waals surface area contributed by atoms with Crippen LogP contribution in [0.5, 0.6) is 0 Å². The normalized spacial score (nSPS) is 22.5. The summed E-state index contributed by atoms with van der Waals surface area (Å²) < 4.78 is 0. The van der Waals surface area contributed by atoms with E-state index < -0.39 is 11.6 Å². The summed E-state index contributed by atoms with van der Waals surface area (Å²) in [5.41, 5.74) is -0.755. The summed E-state index contributed by atoms with van der Waals surface area (Å²) in [5.74, 6) is 0.0888. The molecule has 3 nitrogen and oxygen atoms in total. The first kappa shape index (κ1) is 12.5. The van der Waals surface area contributed by atoms with Gasteiger partial charge in [0.1, 0.15) is 0 Å². The monoisotopic (exact) mass is 213 g/mol. The molecule has 88 valence electrons. The Bertz CT molecular complexity index is 240. The maximum Gasteiger partial charge on any atom is 0.226 e. The van der Waals surface area contributed by atoms with Crippen LogP contribution in [-0.2, 0) is 4.79 Å². The van der Waals surface area contributed by atoms with E-state index in [1.807, 2.05) is 20.8 Å². The first-order valence-electron chi connectivity index (χ1n) is 5.79. The van der Waals surface area contributed by atoms with Crippen LogP contribution in [-0.4, -0.2) is 22.7 Å². The van der Waals surface area contributed by atoms with Crippen molar-refractivity contribution in [3.63, 3.8) is 0 Å². The molecule has 0 heterocycles. The molecule has 0 aromatic rings. The van der Waals surface area contributed by atoms with Gasteiger partial charge in [0, 0.05) is 5.41 Å². The van der Waals surface area contributed by atoms with E-state index in [9.17, 15) is 9.90 Å². The molecule has 1 aliphatic rings. The highest BCUT2D eigenvalue weighted by Crippen LogP contribution is 2.38. The Morgan fingerprint density at radius 2 is 1.87 bits per heavy atom. The van der Waals surface area contributed by atoms with Crippen LogP contribution in [0.3, 0.4) is 0 Å². The van der Waals surface area contributed by atoms with E-state index in [2.05, 4.69) is 5.32 Å². The fourth-order valence-electron chi connectivity index (χ4n) is 1.93. The van der Waals surface area contributed by atoms with Gasteiger partial charge in [0.25, 0.3) is 0 Å². The number of carbonyl (C=O) groups excluding carboxylic acids is 1. The third-order valence-corrected chi connectivity index (χ3v) is 3.74. The fraction of sp³-hybridized carbons (Fsp3) is 0.917. The van der Waals surface area contributed by atoms with Crippen molar-refractivity contribution in [3.05, 3.63) is 0 Å². The summed E-state index contributed by atoms with van der Waals surface area (Å²) in [4.78, 5) is 12.1. The summed E-state index contributed by atoms with van der Waals surface area (Å²) in [6.07, 6.45) is 3.67. The number of rotatable bonds is 3. The Morgan fingerprint density at radius 1 is 1.40 bits per heavy atom.